The summed E-state index contributed by atoms with van der Waals surface area (Å²) in [5.74, 6) is -0.373. The van der Waals surface area contributed by atoms with Crippen LogP contribution < -0.4 is 4.74 Å². The monoisotopic (exact) mass is 502 g/mol. The van der Waals surface area contributed by atoms with Gasteiger partial charge in [-0.2, -0.15) is 0 Å². The molecule has 10 heteroatoms. The van der Waals surface area contributed by atoms with Gasteiger partial charge in [-0.05, 0) is 42.0 Å². The average Bonchev–Trinajstić information content (AvgIpc) is 2.88. The first-order chi connectivity index (χ1) is 17.3. The quantitative estimate of drug-likeness (QED) is 0.475. The first-order valence-electron chi connectivity index (χ1n) is 11.8. The highest BCUT2D eigenvalue weighted by molar-refractivity contribution is 5.94. The summed E-state index contributed by atoms with van der Waals surface area (Å²) in [7, 11) is 1.58. The van der Waals surface area contributed by atoms with E-state index in [1.54, 1.807) is 37.6 Å². The number of nitrogens with zero attached hydrogens (tertiary/aromatic N) is 4. The van der Waals surface area contributed by atoms with Crippen molar-refractivity contribution in [1.29, 1.82) is 0 Å². The van der Waals surface area contributed by atoms with Gasteiger partial charge in [-0.3, -0.25) is 19.6 Å². The molecule has 1 aliphatic heterocycles. The Morgan fingerprint density at radius 2 is 1.78 bits per heavy atom. The summed E-state index contributed by atoms with van der Waals surface area (Å²) in [6.45, 7) is 2.36. The van der Waals surface area contributed by atoms with Gasteiger partial charge in [0, 0.05) is 63.0 Å². The van der Waals surface area contributed by atoms with Gasteiger partial charge in [-0.15, -0.1) is 13.2 Å². The van der Waals surface area contributed by atoms with Crippen LogP contribution in [0.3, 0.4) is 0 Å². The number of ether oxygens (including phenoxy) is 1. The summed E-state index contributed by atoms with van der Waals surface area (Å²) in [6, 6.07) is 14.8. The molecule has 7 nitrogen and oxygen atoms in total. The third-order valence-electron chi connectivity index (χ3n) is 6.45. The number of carbonyl (C=O) groups excluding carboxylic acids is 1. The zero-order chi connectivity index (χ0) is 25.7. The van der Waals surface area contributed by atoms with Crippen LogP contribution in [0.15, 0.2) is 60.8 Å². The molecule has 2 aromatic carbocycles. The normalized spacial score (nSPS) is 16.1. The lowest BCUT2D eigenvalue weighted by molar-refractivity contribution is -0.225. The second-order valence-corrected chi connectivity index (χ2v) is 8.73. The summed E-state index contributed by atoms with van der Waals surface area (Å²) >= 11 is 0. The number of aliphatic hydroxyl groups is 1. The summed E-state index contributed by atoms with van der Waals surface area (Å²) in [6.07, 6.45) is -3.85. The number of benzene rings is 2. The van der Waals surface area contributed by atoms with E-state index in [1.807, 2.05) is 23.1 Å². The minimum absolute atomic E-state index is 0.00916. The molecule has 36 heavy (non-hydrogen) atoms. The molecule has 0 unspecified atom stereocenters. The van der Waals surface area contributed by atoms with Crippen LogP contribution in [-0.2, 0) is 0 Å². The van der Waals surface area contributed by atoms with Gasteiger partial charge < -0.3 is 9.84 Å². The van der Waals surface area contributed by atoms with Gasteiger partial charge >= 0.3 is 6.30 Å². The number of rotatable bonds is 8. The predicted molar refractivity (Wildman–Crippen MR) is 130 cm³/mol. The second kappa shape index (κ2) is 11.2. The van der Waals surface area contributed by atoms with Crippen LogP contribution in [-0.4, -0.2) is 89.9 Å². The third-order valence-corrected chi connectivity index (χ3v) is 6.45. The van der Waals surface area contributed by atoms with E-state index >= 15 is 0 Å². The molecule has 1 amide bonds. The number of piperazine rings is 1. The van der Waals surface area contributed by atoms with Gasteiger partial charge in [-0.1, -0.05) is 18.2 Å². The molecule has 1 aliphatic rings. The lowest BCUT2D eigenvalue weighted by Gasteiger charge is -2.36. The fourth-order valence-electron chi connectivity index (χ4n) is 4.42. The van der Waals surface area contributed by atoms with Crippen molar-refractivity contribution in [2.75, 3.05) is 52.9 Å². The third kappa shape index (κ3) is 6.13. The van der Waals surface area contributed by atoms with Crippen molar-refractivity contribution in [2.45, 2.75) is 12.4 Å². The standard InChI is InChI=1S/C26H29F3N4O3/c1-36-20-7-8-23-22(17-20)21(9-10-30-23)24(34)18-32-13-11-31(12-14-32)15-16-33(26(27,28)29)25(35)19-5-3-2-4-6-19/h2-10,17,24,34H,11-16,18H2,1H3/t24-/m0/s1. The number of alkyl halides is 3. The molecule has 0 aliphatic carbocycles. The highest BCUT2D eigenvalue weighted by Crippen LogP contribution is 2.28. The number of pyridine rings is 1. The van der Waals surface area contributed by atoms with Crippen LogP contribution in [0.5, 0.6) is 5.75 Å². The molecule has 0 bridgehead atoms. The summed E-state index contributed by atoms with van der Waals surface area (Å²) in [5, 5.41) is 11.8. The maximum absolute atomic E-state index is 13.6. The molecule has 2 heterocycles. The second-order valence-electron chi connectivity index (χ2n) is 8.73. The van der Waals surface area contributed by atoms with E-state index < -0.39 is 24.9 Å². The van der Waals surface area contributed by atoms with Crippen molar-refractivity contribution in [3.63, 3.8) is 0 Å². The van der Waals surface area contributed by atoms with Gasteiger partial charge in [0.1, 0.15) is 5.75 Å². The SMILES string of the molecule is COc1ccc2nccc([C@@H](O)CN3CCN(CCN(C(=O)c4ccccc4)C(F)(F)F)CC3)c2c1. The smallest absolute Gasteiger partial charge is 0.487 e. The van der Waals surface area contributed by atoms with Crippen LogP contribution in [0.25, 0.3) is 10.9 Å². The fourth-order valence-corrected chi connectivity index (χ4v) is 4.42. The number of carbonyl (C=O) groups is 1. The largest absolute Gasteiger partial charge is 0.497 e. The topological polar surface area (TPSA) is 69.1 Å². The van der Waals surface area contributed by atoms with E-state index in [0.29, 0.717) is 38.5 Å². The number of aromatic nitrogens is 1. The number of hydrogen-bond donors (Lipinski definition) is 1. The van der Waals surface area contributed by atoms with Gasteiger partial charge in [0.2, 0.25) is 0 Å². The predicted octanol–water partition coefficient (Wildman–Crippen LogP) is 3.56. The van der Waals surface area contributed by atoms with E-state index in [1.165, 1.54) is 12.1 Å². The summed E-state index contributed by atoms with van der Waals surface area (Å²) in [4.78, 5) is 20.8. The van der Waals surface area contributed by atoms with E-state index in [2.05, 4.69) is 9.88 Å². The molecule has 1 N–H and O–H groups in total. The lowest BCUT2D eigenvalue weighted by atomic mass is 10.0. The van der Waals surface area contributed by atoms with Crippen molar-refractivity contribution in [3.8, 4) is 5.75 Å². The minimum Gasteiger partial charge on any atom is -0.497 e. The van der Waals surface area contributed by atoms with Crippen LogP contribution >= 0.6 is 0 Å². The Balaban J connectivity index is 1.32. The molecular weight excluding hydrogens is 473 g/mol. The molecular formula is C26H29F3N4O3. The van der Waals surface area contributed by atoms with Gasteiger partial charge in [0.25, 0.3) is 5.91 Å². The lowest BCUT2D eigenvalue weighted by Crippen LogP contribution is -2.51. The fraction of sp³-hybridized carbons (Fsp3) is 0.385. The average molecular weight is 503 g/mol. The summed E-state index contributed by atoms with van der Waals surface area (Å²) in [5.41, 5.74) is 1.52. The first-order valence-corrected chi connectivity index (χ1v) is 11.8. The van der Waals surface area contributed by atoms with Crippen LogP contribution in [0.1, 0.15) is 22.0 Å². The number of amides is 1. The molecule has 0 saturated carbocycles. The Morgan fingerprint density at radius 1 is 1.08 bits per heavy atom. The molecule has 0 radical (unpaired) electrons. The molecule has 1 saturated heterocycles. The zero-order valence-electron chi connectivity index (χ0n) is 20.0. The Hall–Kier alpha value is -3.21. The van der Waals surface area contributed by atoms with E-state index in [4.69, 9.17) is 4.74 Å². The molecule has 192 valence electrons. The zero-order valence-corrected chi connectivity index (χ0v) is 20.0. The Bertz CT molecular complexity index is 1170. The van der Waals surface area contributed by atoms with Gasteiger partial charge in [-0.25, -0.2) is 4.90 Å². The molecule has 3 aromatic rings. The Kier molecular flexibility index (Phi) is 8.07. The number of methoxy groups -OCH3 is 1. The highest BCUT2D eigenvalue weighted by Gasteiger charge is 2.41. The van der Waals surface area contributed by atoms with Crippen molar-refractivity contribution in [1.82, 2.24) is 19.7 Å². The van der Waals surface area contributed by atoms with Crippen molar-refractivity contribution < 1.29 is 27.8 Å². The molecule has 0 spiro atoms. The minimum atomic E-state index is -4.76. The van der Waals surface area contributed by atoms with Crippen molar-refractivity contribution in [2.24, 2.45) is 0 Å². The number of fused-ring (bicyclic) bond motifs is 1. The summed E-state index contributed by atoms with van der Waals surface area (Å²) < 4.78 is 46.0. The Morgan fingerprint density at radius 3 is 2.44 bits per heavy atom. The number of halogens is 3. The van der Waals surface area contributed by atoms with E-state index in [9.17, 15) is 23.1 Å². The maximum atomic E-state index is 13.6. The highest BCUT2D eigenvalue weighted by atomic mass is 19.4. The number of β-amino-alcohol motifs (C(OH)–C–C–N with tert-alkyl or cyclic N) is 1. The maximum Gasteiger partial charge on any atom is 0.487 e. The molecule has 4 rings (SSSR count). The number of aliphatic hydroxyl groups excluding tert-OH is 1. The molecule has 1 atom stereocenters. The number of hydrogen-bond acceptors (Lipinski definition) is 6. The molecule has 1 aromatic heterocycles. The van der Waals surface area contributed by atoms with E-state index in [-0.39, 0.29) is 17.0 Å². The van der Waals surface area contributed by atoms with Crippen LogP contribution in [0.2, 0.25) is 0 Å². The Labute approximate surface area is 207 Å². The molecule has 1 fully saturated rings. The van der Waals surface area contributed by atoms with E-state index in [0.717, 1.165) is 16.5 Å². The van der Waals surface area contributed by atoms with Crippen molar-refractivity contribution >= 4 is 16.8 Å². The van der Waals surface area contributed by atoms with Crippen LogP contribution in [0.4, 0.5) is 13.2 Å². The van der Waals surface area contributed by atoms with Crippen LogP contribution in [0, 0.1) is 0 Å². The van der Waals surface area contributed by atoms with Gasteiger partial charge in [0.05, 0.1) is 18.7 Å². The van der Waals surface area contributed by atoms with Crippen molar-refractivity contribution in [3.05, 3.63) is 71.9 Å². The first kappa shape index (κ1) is 25.9. The van der Waals surface area contributed by atoms with Gasteiger partial charge in [0.15, 0.2) is 0 Å².